The summed E-state index contributed by atoms with van der Waals surface area (Å²) in [5.74, 6) is 0. The van der Waals surface area contributed by atoms with Crippen LogP contribution in [0.25, 0.3) is 10.1 Å². The van der Waals surface area contributed by atoms with E-state index in [1.165, 1.54) is 11.3 Å². The van der Waals surface area contributed by atoms with Crippen molar-refractivity contribution in [1.29, 1.82) is 0 Å². The standard InChI is InChI=1S/C9H6ClNOS/c10-7-2-1-5-8(11)4-13-9(5)6(7)3-12/h1-4H,11H2. The molecule has 13 heavy (non-hydrogen) atoms. The molecule has 2 aromatic rings. The number of carbonyl (C=O) groups is 1. The molecule has 0 aliphatic carbocycles. The summed E-state index contributed by atoms with van der Waals surface area (Å²) in [6.07, 6.45) is 0.764. The largest absolute Gasteiger partial charge is 0.398 e. The van der Waals surface area contributed by atoms with Gasteiger partial charge in [-0.25, -0.2) is 0 Å². The third-order valence-electron chi connectivity index (χ3n) is 1.88. The van der Waals surface area contributed by atoms with Gasteiger partial charge in [-0.15, -0.1) is 11.3 Å². The average Bonchev–Trinajstić information content (AvgIpc) is 2.48. The maximum atomic E-state index is 10.7. The monoisotopic (exact) mass is 211 g/mol. The molecule has 0 saturated heterocycles. The number of benzene rings is 1. The molecule has 0 saturated carbocycles. The van der Waals surface area contributed by atoms with Crippen molar-refractivity contribution in [2.75, 3.05) is 5.73 Å². The van der Waals surface area contributed by atoms with Gasteiger partial charge in [0, 0.05) is 15.5 Å². The van der Waals surface area contributed by atoms with Crippen molar-refractivity contribution >= 4 is 45.0 Å². The lowest BCUT2D eigenvalue weighted by Gasteiger charge is -1.97. The first kappa shape index (κ1) is 8.53. The molecule has 0 bridgehead atoms. The lowest BCUT2D eigenvalue weighted by Crippen LogP contribution is -1.84. The predicted molar refractivity (Wildman–Crippen MR) is 56.6 cm³/mol. The summed E-state index contributed by atoms with van der Waals surface area (Å²) in [5.41, 5.74) is 6.92. The van der Waals surface area contributed by atoms with Crippen LogP contribution in [-0.2, 0) is 0 Å². The molecule has 0 atom stereocenters. The Labute approximate surface area is 83.9 Å². The second-order valence-electron chi connectivity index (χ2n) is 2.65. The van der Waals surface area contributed by atoms with Crippen LogP contribution >= 0.6 is 22.9 Å². The molecule has 2 rings (SSSR count). The van der Waals surface area contributed by atoms with Crippen molar-refractivity contribution in [2.24, 2.45) is 0 Å². The average molecular weight is 212 g/mol. The van der Waals surface area contributed by atoms with Crippen molar-refractivity contribution in [2.45, 2.75) is 0 Å². The van der Waals surface area contributed by atoms with Crippen molar-refractivity contribution < 1.29 is 4.79 Å². The Kier molecular flexibility index (Phi) is 1.98. The number of halogens is 1. The quantitative estimate of drug-likeness (QED) is 0.737. The number of rotatable bonds is 1. The van der Waals surface area contributed by atoms with E-state index in [2.05, 4.69) is 0 Å². The minimum atomic E-state index is 0.476. The maximum absolute atomic E-state index is 10.7. The van der Waals surface area contributed by atoms with Crippen LogP contribution in [0.1, 0.15) is 10.4 Å². The van der Waals surface area contributed by atoms with Crippen LogP contribution < -0.4 is 5.73 Å². The van der Waals surface area contributed by atoms with Gasteiger partial charge in [0.2, 0.25) is 0 Å². The van der Waals surface area contributed by atoms with Gasteiger partial charge >= 0.3 is 0 Å². The Morgan fingerprint density at radius 3 is 2.92 bits per heavy atom. The summed E-state index contributed by atoms with van der Waals surface area (Å²) in [6, 6.07) is 3.52. The SMILES string of the molecule is Nc1csc2c(C=O)c(Cl)ccc12. The number of hydrogen-bond acceptors (Lipinski definition) is 3. The van der Waals surface area contributed by atoms with Crippen LogP contribution in [0, 0.1) is 0 Å². The molecule has 0 spiro atoms. The zero-order valence-electron chi connectivity index (χ0n) is 6.58. The van der Waals surface area contributed by atoms with Gasteiger partial charge in [-0.1, -0.05) is 11.6 Å². The highest BCUT2D eigenvalue weighted by molar-refractivity contribution is 7.18. The molecule has 0 aliphatic heterocycles. The fourth-order valence-corrected chi connectivity index (χ4v) is 2.45. The van der Waals surface area contributed by atoms with E-state index in [1.54, 1.807) is 6.07 Å². The molecule has 0 amide bonds. The zero-order valence-corrected chi connectivity index (χ0v) is 8.15. The summed E-state index contributed by atoms with van der Waals surface area (Å²) < 4.78 is 0.861. The Morgan fingerprint density at radius 1 is 1.46 bits per heavy atom. The van der Waals surface area contributed by atoms with Crippen LogP contribution in [-0.4, -0.2) is 6.29 Å². The molecular weight excluding hydrogens is 206 g/mol. The number of fused-ring (bicyclic) bond motifs is 1. The summed E-state index contributed by atoms with van der Waals surface area (Å²) in [7, 11) is 0. The highest BCUT2D eigenvalue weighted by Crippen LogP contribution is 2.33. The molecule has 4 heteroatoms. The Morgan fingerprint density at radius 2 is 2.23 bits per heavy atom. The first-order chi connectivity index (χ1) is 6.24. The van der Waals surface area contributed by atoms with Crippen molar-refractivity contribution in [3.8, 4) is 0 Å². The van der Waals surface area contributed by atoms with E-state index in [-0.39, 0.29) is 0 Å². The Bertz CT molecular complexity index is 478. The van der Waals surface area contributed by atoms with Gasteiger partial charge in [-0.05, 0) is 12.1 Å². The van der Waals surface area contributed by atoms with Crippen LogP contribution in [0.5, 0.6) is 0 Å². The lowest BCUT2D eigenvalue weighted by atomic mass is 10.1. The zero-order chi connectivity index (χ0) is 9.42. The summed E-state index contributed by atoms with van der Waals surface area (Å²) >= 11 is 7.29. The molecule has 0 unspecified atom stereocenters. The number of thiophene rings is 1. The molecule has 2 N–H and O–H groups in total. The third kappa shape index (κ3) is 1.20. The first-order valence-corrected chi connectivity index (χ1v) is 4.90. The van der Waals surface area contributed by atoms with Crippen LogP contribution in [0.15, 0.2) is 17.5 Å². The summed E-state index contributed by atoms with van der Waals surface area (Å²) in [4.78, 5) is 10.7. The lowest BCUT2D eigenvalue weighted by molar-refractivity contribution is 0.112. The molecule has 66 valence electrons. The van der Waals surface area contributed by atoms with E-state index in [0.717, 1.165) is 16.4 Å². The number of aldehydes is 1. The van der Waals surface area contributed by atoms with Crippen LogP contribution in [0.2, 0.25) is 5.02 Å². The minimum absolute atomic E-state index is 0.476. The molecule has 0 aliphatic rings. The van der Waals surface area contributed by atoms with Gasteiger partial charge in [0.15, 0.2) is 6.29 Å². The van der Waals surface area contributed by atoms with E-state index in [1.807, 2.05) is 11.4 Å². The topological polar surface area (TPSA) is 43.1 Å². The number of anilines is 1. The van der Waals surface area contributed by atoms with Gasteiger partial charge in [-0.2, -0.15) is 0 Å². The highest BCUT2D eigenvalue weighted by Gasteiger charge is 2.08. The van der Waals surface area contributed by atoms with E-state index >= 15 is 0 Å². The van der Waals surface area contributed by atoms with Gasteiger partial charge in [0.25, 0.3) is 0 Å². The molecule has 0 fully saturated rings. The molecule has 1 aromatic carbocycles. The third-order valence-corrected chi connectivity index (χ3v) is 3.25. The number of nitrogens with two attached hydrogens (primary N) is 1. The van der Waals surface area contributed by atoms with Gasteiger partial charge < -0.3 is 5.73 Å². The number of nitrogen functional groups attached to an aromatic ring is 1. The van der Waals surface area contributed by atoms with E-state index in [0.29, 0.717) is 16.3 Å². The second kappa shape index (κ2) is 3.01. The normalized spacial score (nSPS) is 10.5. The van der Waals surface area contributed by atoms with Crippen LogP contribution in [0.3, 0.4) is 0 Å². The van der Waals surface area contributed by atoms with Crippen molar-refractivity contribution in [1.82, 2.24) is 0 Å². The smallest absolute Gasteiger partial charge is 0.153 e. The van der Waals surface area contributed by atoms with Crippen LogP contribution in [0.4, 0.5) is 5.69 Å². The van der Waals surface area contributed by atoms with Crippen molar-refractivity contribution in [3.05, 3.63) is 28.1 Å². The molecular formula is C9H6ClNOS. The molecule has 1 heterocycles. The first-order valence-electron chi connectivity index (χ1n) is 3.64. The maximum Gasteiger partial charge on any atom is 0.153 e. The fraction of sp³-hybridized carbons (Fsp3) is 0. The number of carbonyl (C=O) groups excluding carboxylic acids is 1. The molecule has 2 nitrogen and oxygen atoms in total. The number of hydrogen-bond donors (Lipinski definition) is 1. The van der Waals surface area contributed by atoms with Gasteiger partial charge in [-0.3, -0.25) is 4.79 Å². The summed E-state index contributed by atoms with van der Waals surface area (Å²) in [6.45, 7) is 0. The Hall–Kier alpha value is -1.06. The summed E-state index contributed by atoms with van der Waals surface area (Å²) in [5, 5.41) is 3.19. The fourth-order valence-electron chi connectivity index (χ4n) is 1.23. The van der Waals surface area contributed by atoms with Gasteiger partial charge in [0.05, 0.1) is 16.3 Å². The van der Waals surface area contributed by atoms with E-state index < -0.39 is 0 Å². The van der Waals surface area contributed by atoms with Gasteiger partial charge in [0.1, 0.15) is 0 Å². The predicted octanol–water partition coefficient (Wildman–Crippen LogP) is 2.95. The molecule has 0 radical (unpaired) electrons. The minimum Gasteiger partial charge on any atom is -0.398 e. The van der Waals surface area contributed by atoms with E-state index in [4.69, 9.17) is 17.3 Å². The second-order valence-corrected chi connectivity index (χ2v) is 3.93. The van der Waals surface area contributed by atoms with Crippen molar-refractivity contribution in [3.63, 3.8) is 0 Å². The highest BCUT2D eigenvalue weighted by atomic mass is 35.5. The Balaban J connectivity index is 2.92. The molecule has 1 aromatic heterocycles. The van der Waals surface area contributed by atoms with E-state index in [9.17, 15) is 4.79 Å².